The highest BCUT2D eigenvalue weighted by molar-refractivity contribution is 7.91. The second-order valence-corrected chi connectivity index (χ2v) is 9.34. The molecule has 1 aromatic carbocycles. The first-order chi connectivity index (χ1) is 11.8. The highest BCUT2D eigenvalue weighted by Gasteiger charge is 2.26. The molecule has 0 fully saturated rings. The lowest BCUT2D eigenvalue weighted by Gasteiger charge is -2.33. The van der Waals surface area contributed by atoms with E-state index in [-0.39, 0.29) is 35.1 Å². The van der Waals surface area contributed by atoms with Crippen molar-refractivity contribution in [3.63, 3.8) is 0 Å². The largest absolute Gasteiger partial charge is 0.333 e. The van der Waals surface area contributed by atoms with Crippen LogP contribution >= 0.6 is 11.3 Å². The van der Waals surface area contributed by atoms with Crippen molar-refractivity contribution < 1.29 is 13.2 Å². The summed E-state index contributed by atoms with van der Waals surface area (Å²) in [5, 5.41) is 4.04. The fourth-order valence-electron chi connectivity index (χ4n) is 2.99. The summed E-state index contributed by atoms with van der Waals surface area (Å²) in [6.45, 7) is 7.59. The smallest absolute Gasteiger partial charge is 0.227 e. The van der Waals surface area contributed by atoms with Gasteiger partial charge in [0.2, 0.25) is 5.91 Å². The van der Waals surface area contributed by atoms with Gasteiger partial charge in [-0.3, -0.25) is 4.79 Å². The van der Waals surface area contributed by atoms with Crippen LogP contribution in [0.4, 0.5) is 0 Å². The first-order valence-electron chi connectivity index (χ1n) is 8.41. The van der Waals surface area contributed by atoms with E-state index in [9.17, 15) is 13.2 Å². The molecule has 0 saturated heterocycles. The standard InChI is InChI=1S/C19H25NO3S2/c1-5-25(22,23)18-9-7-6-8-16(18)12-19(21)20(14(2)3)15(4)17-10-11-24-13-17/h6-11,13-15H,5,12H2,1-4H3. The van der Waals surface area contributed by atoms with Crippen LogP contribution in [0.25, 0.3) is 0 Å². The van der Waals surface area contributed by atoms with E-state index in [1.807, 2.05) is 42.5 Å². The molecule has 0 aliphatic heterocycles. The van der Waals surface area contributed by atoms with Crippen LogP contribution in [0, 0.1) is 0 Å². The molecule has 25 heavy (non-hydrogen) atoms. The van der Waals surface area contributed by atoms with Gasteiger partial charge >= 0.3 is 0 Å². The molecule has 0 aliphatic carbocycles. The quantitative estimate of drug-likeness (QED) is 0.728. The molecule has 1 amide bonds. The summed E-state index contributed by atoms with van der Waals surface area (Å²) in [5.74, 6) is -0.0373. The van der Waals surface area contributed by atoms with E-state index in [0.717, 1.165) is 5.56 Å². The number of hydrogen-bond acceptors (Lipinski definition) is 4. The number of nitrogens with zero attached hydrogens (tertiary/aromatic N) is 1. The van der Waals surface area contributed by atoms with E-state index in [0.29, 0.717) is 5.56 Å². The number of benzene rings is 1. The Labute approximate surface area is 154 Å². The van der Waals surface area contributed by atoms with Crippen molar-refractivity contribution in [2.24, 2.45) is 0 Å². The number of carbonyl (C=O) groups excluding carboxylic acids is 1. The van der Waals surface area contributed by atoms with E-state index in [4.69, 9.17) is 0 Å². The highest BCUT2D eigenvalue weighted by Crippen LogP contribution is 2.26. The molecule has 1 heterocycles. The maximum Gasteiger partial charge on any atom is 0.227 e. The van der Waals surface area contributed by atoms with Gasteiger partial charge in [0, 0.05) is 6.04 Å². The Hall–Kier alpha value is -1.66. The van der Waals surface area contributed by atoms with Gasteiger partial charge in [-0.15, -0.1) is 0 Å². The molecule has 6 heteroatoms. The average Bonchev–Trinajstić information content (AvgIpc) is 3.09. The van der Waals surface area contributed by atoms with Crippen molar-refractivity contribution in [2.45, 2.75) is 51.1 Å². The van der Waals surface area contributed by atoms with Crippen LogP contribution in [0.5, 0.6) is 0 Å². The number of sulfone groups is 1. The third-order valence-electron chi connectivity index (χ3n) is 4.32. The van der Waals surface area contributed by atoms with Crippen LogP contribution in [0.2, 0.25) is 0 Å². The van der Waals surface area contributed by atoms with Crippen LogP contribution < -0.4 is 0 Å². The first kappa shape index (κ1) is 19.7. The van der Waals surface area contributed by atoms with Crippen molar-refractivity contribution in [1.29, 1.82) is 0 Å². The Bertz CT molecular complexity index is 811. The Morgan fingerprint density at radius 3 is 2.40 bits per heavy atom. The fraction of sp³-hybridized carbons (Fsp3) is 0.421. The van der Waals surface area contributed by atoms with E-state index >= 15 is 0 Å². The minimum absolute atomic E-state index is 0.0252. The zero-order chi connectivity index (χ0) is 18.6. The van der Waals surface area contributed by atoms with Crippen LogP contribution in [0.3, 0.4) is 0 Å². The van der Waals surface area contributed by atoms with Gasteiger partial charge in [0.05, 0.1) is 23.1 Å². The Kier molecular flexibility index (Phi) is 6.41. The summed E-state index contributed by atoms with van der Waals surface area (Å²) in [6, 6.07) is 8.79. The fourth-order valence-corrected chi connectivity index (χ4v) is 4.87. The molecular formula is C19H25NO3S2. The summed E-state index contributed by atoms with van der Waals surface area (Å²) in [6.07, 6.45) is 0.0854. The van der Waals surface area contributed by atoms with Crippen molar-refractivity contribution in [2.75, 3.05) is 5.75 Å². The van der Waals surface area contributed by atoms with Crippen molar-refractivity contribution in [3.8, 4) is 0 Å². The summed E-state index contributed by atoms with van der Waals surface area (Å²) >= 11 is 1.60. The number of rotatable bonds is 7. The molecular weight excluding hydrogens is 354 g/mol. The molecule has 2 rings (SSSR count). The van der Waals surface area contributed by atoms with Crippen LogP contribution in [0.1, 0.15) is 44.9 Å². The normalized spacial score (nSPS) is 13.0. The lowest BCUT2D eigenvalue weighted by molar-refractivity contribution is -0.134. The van der Waals surface area contributed by atoms with E-state index < -0.39 is 9.84 Å². The predicted octanol–water partition coefficient (Wildman–Crippen LogP) is 4.08. The van der Waals surface area contributed by atoms with Crippen molar-refractivity contribution >= 4 is 27.1 Å². The molecule has 0 radical (unpaired) electrons. The monoisotopic (exact) mass is 379 g/mol. The summed E-state index contributed by atoms with van der Waals surface area (Å²) < 4.78 is 24.6. The second kappa shape index (κ2) is 8.15. The minimum Gasteiger partial charge on any atom is -0.333 e. The van der Waals surface area contributed by atoms with E-state index in [2.05, 4.69) is 0 Å². The molecule has 0 aliphatic rings. The predicted molar refractivity (Wildman–Crippen MR) is 103 cm³/mol. The molecule has 0 N–H and O–H groups in total. The number of thiophene rings is 1. The van der Waals surface area contributed by atoms with Crippen LogP contribution in [-0.2, 0) is 21.1 Å². The van der Waals surface area contributed by atoms with Gasteiger partial charge < -0.3 is 4.90 Å². The molecule has 1 unspecified atom stereocenters. The Morgan fingerprint density at radius 1 is 1.16 bits per heavy atom. The highest BCUT2D eigenvalue weighted by atomic mass is 32.2. The molecule has 1 aromatic heterocycles. The van der Waals surface area contributed by atoms with Gasteiger partial charge in [-0.25, -0.2) is 8.42 Å². The van der Waals surface area contributed by atoms with Gasteiger partial charge in [-0.05, 0) is 54.8 Å². The lowest BCUT2D eigenvalue weighted by atomic mass is 10.1. The van der Waals surface area contributed by atoms with Crippen molar-refractivity contribution in [3.05, 3.63) is 52.2 Å². The molecule has 0 saturated carbocycles. The summed E-state index contributed by atoms with van der Waals surface area (Å²) in [5.41, 5.74) is 1.67. The average molecular weight is 380 g/mol. The summed E-state index contributed by atoms with van der Waals surface area (Å²) in [4.78, 5) is 15.1. The maximum absolute atomic E-state index is 13.0. The van der Waals surface area contributed by atoms with Gasteiger partial charge in [-0.1, -0.05) is 25.1 Å². The Morgan fingerprint density at radius 2 is 1.84 bits per heavy atom. The molecule has 136 valence electrons. The first-order valence-corrected chi connectivity index (χ1v) is 11.0. The van der Waals surface area contributed by atoms with E-state index in [1.165, 1.54) is 0 Å². The number of hydrogen-bond donors (Lipinski definition) is 0. The second-order valence-electron chi connectivity index (χ2n) is 6.32. The van der Waals surface area contributed by atoms with Crippen LogP contribution in [0.15, 0.2) is 46.0 Å². The topological polar surface area (TPSA) is 54.5 Å². The van der Waals surface area contributed by atoms with Gasteiger partial charge in [0.25, 0.3) is 0 Å². The SMILES string of the molecule is CCS(=O)(=O)c1ccccc1CC(=O)N(C(C)C)C(C)c1ccsc1. The number of carbonyl (C=O) groups is 1. The summed E-state index contributed by atoms with van der Waals surface area (Å²) in [7, 11) is -3.35. The van der Waals surface area contributed by atoms with Gasteiger partial charge in [0.1, 0.15) is 0 Å². The molecule has 4 nitrogen and oxygen atoms in total. The number of amides is 1. The van der Waals surface area contributed by atoms with Gasteiger partial charge in [0.15, 0.2) is 9.84 Å². The minimum atomic E-state index is -3.35. The molecule has 2 aromatic rings. The maximum atomic E-state index is 13.0. The molecule has 0 bridgehead atoms. The third kappa shape index (κ3) is 4.50. The Balaban J connectivity index is 2.31. The van der Waals surface area contributed by atoms with Crippen molar-refractivity contribution in [1.82, 2.24) is 4.90 Å². The molecule has 0 spiro atoms. The zero-order valence-corrected chi connectivity index (χ0v) is 16.7. The molecule has 1 atom stereocenters. The van der Waals surface area contributed by atoms with Crippen LogP contribution in [-0.4, -0.2) is 31.0 Å². The third-order valence-corrected chi connectivity index (χ3v) is 6.85. The van der Waals surface area contributed by atoms with Gasteiger partial charge in [-0.2, -0.15) is 11.3 Å². The lowest BCUT2D eigenvalue weighted by Crippen LogP contribution is -2.40. The zero-order valence-electron chi connectivity index (χ0n) is 15.1. The van der Waals surface area contributed by atoms with E-state index in [1.54, 1.807) is 42.5 Å².